The van der Waals surface area contributed by atoms with Crippen molar-refractivity contribution in [1.29, 1.82) is 0 Å². The molecule has 1 aromatic carbocycles. The van der Waals surface area contributed by atoms with Gasteiger partial charge in [0.25, 0.3) is 0 Å². The van der Waals surface area contributed by atoms with Crippen LogP contribution < -0.4 is 0 Å². The Kier molecular flexibility index (Phi) is 5.17. The number of carbonyl (C=O) groups excluding carboxylic acids is 1. The zero-order valence-electron chi connectivity index (χ0n) is 10.3. The summed E-state index contributed by atoms with van der Waals surface area (Å²) in [7, 11) is 0. The van der Waals surface area contributed by atoms with Crippen molar-refractivity contribution in [2.24, 2.45) is 5.92 Å². The molecule has 0 heterocycles. The first-order chi connectivity index (χ1) is 8.50. The summed E-state index contributed by atoms with van der Waals surface area (Å²) in [5, 5.41) is 8.85. The van der Waals surface area contributed by atoms with Crippen LogP contribution in [0.5, 0.6) is 0 Å². The van der Waals surface area contributed by atoms with E-state index in [4.69, 9.17) is 14.6 Å². The van der Waals surface area contributed by atoms with Gasteiger partial charge in [0, 0.05) is 5.92 Å². The Morgan fingerprint density at radius 2 is 1.83 bits per heavy atom. The Labute approximate surface area is 105 Å². The van der Waals surface area contributed by atoms with Crippen LogP contribution in [0.3, 0.4) is 0 Å². The standard InChI is InChI=1S/C13H16O5/c1-9(2)11(12(14)15)18-13(16)17-8-10-6-4-3-5-7-10/h3-7,9,11H,8H2,1-2H3,(H,14,15)/t11-/m1/s1. The fourth-order valence-corrected chi connectivity index (χ4v) is 1.33. The predicted molar refractivity (Wildman–Crippen MR) is 64.0 cm³/mol. The van der Waals surface area contributed by atoms with Crippen LogP contribution in [-0.2, 0) is 20.9 Å². The Hall–Kier alpha value is -2.04. The quantitative estimate of drug-likeness (QED) is 0.815. The van der Waals surface area contributed by atoms with Crippen molar-refractivity contribution in [3.8, 4) is 0 Å². The van der Waals surface area contributed by atoms with E-state index in [-0.39, 0.29) is 12.5 Å². The summed E-state index contributed by atoms with van der Waals surface area (Å²) in [5.74, 6) is -1.49. The summed E-state index contributed by atoms with van der Waals surface area (Å²) in [4.78, 5) is 22.1. The zero-order chi connectivity index (χ0) is 13.5. The van der Waals surface area contributed by atoms with Gasteiger partial charge in [-0.3, -0.25) is 0 Å². The Balaban J connectivity index is 2.44. The van der Waals surface area contributed by atoms with Crippen LogP contribution in [0, 0.1) is 5.92 Å². The molecule has 0 aromatic heterocycles. The third-order valence-corrected chi connectivity index (χ3v) is 2.27. The molecule has 98 valence electrons. The number of ether oxygens (including phenoxy) is 2. The third kappa shape index (κ3) is 4.45. The lowest BCUT2D eigenvalue weighted by Gasteiger charge is -2.16. The summed E-state index contributed by atoms with van der Waals surface area (Å²) in [5.41, 5.74) is 0.811. The van der Waals surface area contributed by atoms with E-state index in [9.17, 15) is 9.59 Å². The van der Waals surface area contributed by atoms with E-state index in [1.807, 2.05) is 18.2 Å². The second kappa shape index (κ2) is 6.64. The van der Waals surface area contributed by atoms with Crippen LogP contribution in [0.4, 0.5) is 4.79 Å². The number of hydrogen-bond donors (Lipinski definition) is 1. The minimum Gasteiger partial charge on any atom is -0.478 e. The molecule has 0 unspecified atom stereocenters. The molecule has 0 radical (unpaired) electrons. The van der Waals surface area contributed by atoms with Gasteiger partial charge in [0.2, 0.25) is 6.10 Å². The lowest BCUT2D eigenvalue weighted by Crippen LogP contribution is -2.32. The molecule has 0 saturated carbocycles. The molecular formula is C13H16O5. The number of hydrogen-bond acceptors (Lipinski definition) is 4. The van der Waals surface area contributed by atoms with Crippen LogP contribution in [0.1, 0.15) is 19.4 Å². The maximum absolute atomic E-state index is 11.3. The van der Waals surface area contributed by atoms with Crippen molar-refractivity contribution in [3.05, 3.63) is 35.9 Å². The zero-order valence-corrected chi connectivity index (χ0v) is 10.3. The van der Waals surface area contributed by atoms with E-state index in [1.54, 1.807) is 26.0 Å². The average Bonchev–Trinajstić information content (AvgIpc) is 2.34. The third-order valence-electron chi connectivity index (χ3n) is 2.27. The number of carbonyl (C=O) groups is 2. The van der Waals surface area contributed by atoms with Gasteiger partial charge in [0.05, 0.1) is 0 Å². The fourth-order valence-electron chi connectivity index (χ4n) is 1.33. The normalized spacial score (nSPS) is 11.9. The molecule has 5 heteroatoms. The molecule has 0 amide bonds. The first kappa shape index (κ1) is 14.0. The lowest BCUT2D eigenvalue weighted by atomic mass is 10.1. The Bertz CT molecular complexity index is 399. The van der Waals surface area contributed by atoms with Gasteiger partial charge in [0.15, 0.2) is 0 Å². The summed E-state index contributed by atoms with van der Waals surface area (Å²) < 4.78 is 9.57. The molecule has 0 aliphatic heterocycles. The first-order valence-electron chi connectivity index (χ1n) is 5.61. The van der Waals surface area contributed by atoms with Crippen LogP contribution in [0.2, 0.25) is 0 Å². The molecular weight excluding hydrogens is 236 g/mol. The number of benzene rings is 1. The van der Waals surface area contributed by atoms with Crippen LogP contribution >= 0.6 is 0 Å². The molecule has 5 nitrogen and oxygen atoms in total. The number of aliphatic carboxylic acids is 1. The highest BCUT2D eigenvalue weighted by Gasteiger charge is 2.26. The highest BCUT2D eigenvalue weighted by molar-refractivity contribution is 5.75. The summed E-state index contributed by atoms with van der Waals surface area (Å²) >= 11 is 0. The summed E-state index contributed by atoms with van der Waals surface area (Å²) in [6.07, 6.45) is -2.16. The van der Waals surface area contributed by atoms with Gasteiger partial charge in [-0.15, -0.1) is 0 Å². The van der Waals surface area contributed by atoms with Gasteiger partial charge in [-0.05, 0) is 5.56 Å². The van der Waals surface area contributed by atoms with Crippen LogP contribution in [-0.4, -0.2) is 23.3 Å². The first-order valence-corrected chi connectivity index (χ1v) is 5.61. The molecule has 1 N–H and O–H groups in total. The molecule has 0 aliphatic rings. The summed E-state index contributed by atoms with van der Waals surface area (Å²) in [6.45, 7) is 3.37. The van der Waals surface area contributed by atoms with Crippen molar-refractivity contribution in [2.75, 3.05) is 0 Å². The van der Waals surface area contributed by atoms with E-state index in [0.717, 1.165) is 5.56 Å². The maximum Gasteiger partial charge on any atom is 0.509 e. The Morgan fingerprint density at radius 1 is 1.22 bits per heavy atom. The van der Waals surface area contributed by atoms with Gasteiger partial charge < -0.3 is 14.6 Å². The maximum atomic E-state index is 11.3. The van der Waals surface area contributed by atoms with E-state index in [0.29, 0.717) is 0 Å². The van der Waals surface area contributed by atoms with Crippen LogP contribution in [0.15, 0.2) is 30.3 Å². The molecule has 1 atom stereocenters. The minimum absolute atomic E-state index is 0.0596. The van der Waals surface area contributed by atoms with Gasteiger partial charge in [-0.1, -0.05) is 44.2 Å². The highest BCUT2D eigenvalue weighted by atomic mass is 16.7. The molecule has 0 bridgehead atoms. The van der Waals surface area contributed by atoms with Gasteiger partial charge in [-0.25, -0.2) is 9.59 Å². The minimum atomic E-state index is -1.19. The predicted octanol–water partition coefficient (Wildman–Crippen LogP) is 2.45. The second-order valence-corrected chi connectivity index (χ2v) is 4.14. The number of carboxylic acid groups (broad SMARTS) is 1. The molecule has 0 saturated heterocycles. The van der Waals surface area contributed by atoms with E-state index < -0.39 is 18.2 Å². The molecule has 0 fully saturated rings. The topological polar surface area (TPSA) is 72.8 Å². The molecule has 0 aliphatic carbocycles. The highest BCUT2D eigenvalue weighted by Crippen LogP contribution is 2.09. The van der Waals surface area contributed by atoms with Crippen molar-refractivity contribution >= 4 is 12.1 Å². The fraction of sp³-hybridized carbons (Fsp3) is 0.385. The largest absolute Gasteiger partial charge is 0.509 e. The van der Waals surface area contributed by atoms with Crippen LogP contribution in [0.25, 0.3) is 0 Å². The van der Waals surface area contributed by atoms with Crippen molar-refractivity contribution in [3.63, 3.8) is 0 Å². The van der Waals surface area contributed by atoms with Crippen molar-refractivity contribution in [2.45, 2.75) is 26.6 Å². The second-order valence-electron chi connectivity index (χ2n) is 4.14. The monoisotopic (exact) mass is 252 g/mol. The lowest BCUT2D eigenvalue weighted by molar-refractivity contribution is -0.150. The van der Waals surface area contributed by atoms with Gasteiger partial charge >= 0.3 is 12.1 Å². The average molecular weight is 252 g/mol. The molecule has 1 rings (SSSR count). The SMILES string of the molecule is CC(C)[C@@H](OC(=O)OCc1ccccc1)C(=O)O. The number of rotatable bonds is 5. The summed E-state index contributed by atoms with van der Waals surface area (Å²) in [6, 6.07) is 9.08. The smallest absolute Gasteiger partial charge is 0.478 e. The molecule has 1 aromatic rings. The van der Waals surface area contributed by atoms with Gasteiger partial charge in [-0.2, -0.15) is 0 Å². The molecule has 0 spiro atoms. The number of carboxylic acids is 1. The van der Waals surface area contributed by atoms with Crippen molar-refractivity contribution in [1.82, 2.24) is 0 Å². The Morgan fingerprint density at radius 3 is 2.33 bits per heavy atom. The van der Waals surface area contributed by atoms with E-state index in [1.165, 1.54) is 0 Å². The van der Waals surface area contributed by atoms with Crippen molar-refractivity contribution < 1.29 is 24.2 Å². The van der Waals surface area contributed by atoms with E-state index in [2.05, 4.69) is 0 Å². The van der Waals surface area contributed by atoms with E-state index >= 15 is 0 Å². The molecule has 18 heavy (non-hydrogen) atoms. The van der Waals surface area contributed by atoms with Gasteiger partial charge in [0.1, 0.15) is 6.61 Å².